The number of nitrogens with zero attached hydrogens (tertiary/aromatic N) is 3. The lowest BCUT2D eigenvalue weighted by Crippen LogP contribution is -2.18. The van der Waals surface area contributed by atoms with Crippen LogP contribution in [0.3, 0.4) is 0 Å². The largest absolute Gasteiger partial charge is 0.383 e. The fourth-order valence-electron chi connectivity index (χ4n) is 1.58. The number of aromatic nitrogens is 3. The second-order valence-corrected chi connectivity index (χ2v) is 5.63. The number of ether oxygens (including phenoxy) is 1. The Labute approximate surface area is 135 Å². The van der Waals surface area contributed by atoms with Crippen LogP contribution in [0.5, 0.6) is 0 Å². The molecule has 0 saturated heterocycles. The normalized spacial score (nSPS) is 11.0. The Bertz CT molecular complexity index is 591. The molecular formula is C12H13BrCl2N4O. The third kappa shape index (κ3) is 3.71. The summed E-state index contributed by atoms with van der Waals surface area (Å²) >= 11 is 15.6. The first kappa shape index (κ1) is 15.7. The smallest absolute Gasteiger partial charge is 0.0969 e. The summed E-state index contributed by atoms with van der Waals surface area (Å²) in [6.07, 6.45) is 1.81. The molecule has 0 aliphatic carbocycles. The third-order valence-electron chi connectivity index (χ3n) is 2.59. The molecule has 20 heavy (non-hydrogen) atoms. The maximum Gasteiger partial charge on any atom is 0.0969 e. The van der Waals surface area contributed by atoms with E-state index in [1.165, 1.54) is 0 Å². The molecule has 2 aromatic rings. The molecule has 1 aromatic carbocycles. The summed E-state index contributed by atoms with van der Waals surface area (Å²) in [6.45, 7) is 2.03. The molecule has 0 spiro atoms. The first-order chi connectivity index (χ1) is 9.63. The molecule has 0 aliphatic rings. The van der Waals surface area contributed by atoms with Gasteiger partial charge < -0.3 is 10.1 Å². The quantitative estimate of drug-likeness (QED) is 0.619. The number of nitrogens with one attached hydrogen (secondary N) is 1. The highest BCUT2D eigenvalue weighted by Gasteiger charge is 2.11. The van der Waals surface area contributed by atoms with E-state index < -0.39 is 0 Å². The number of hydrogen-bond donors (Lipinski definition) is 1. The van der Waals surface area contributed by atoms with E-state index in [-0.39, 0.29) is 0 Å². The summed E-state index contributed by atoms with van der Waals surface area (Å²) in [4.78, 5) is 0. The van der Waals surface area contributed by atoms with Crippen LogP contribution in [0.25, 0.3) is 5.69 Å². The number of benzene rings is 1. The molecule has 0 radical (unpaired) electrons. The summed E-state index contributed by atoms with van der Waals surface area (Å²) in [5.41, 5.74) is 1.51. The molecule has 0 saturated carbocycles. The molecule has 8 heteroatoms. The summed E-state index contributed by atoms with van der Waals surface area (Å²) in [7, 11) is 1.66. The summed E-state index contributed by atoms with van der Waals surface area (Å²) in [6, 6.07) is 3.65. The zero-order chi connectivity index (χ0) is 14.5. The zero-order valence-electron chi connectivity index (χ0n) is 10.7. The molecule has 2 rings (SSSR count). The second-order valence-electron chi connectivity index (χ2n) is 4.02. The Morgan fingerprint density at radius 3 is 2.90 bits per heavy atom. The van der Waals surface area contributed by atoms with Gasteiger partial charge in [-0.05, 0) is 28.1 Å². The highest BCUT2D eigenvalue weighted by molar-refractivity contribution is 9.10. The lowest BCUT2D eigenvalue weighted by atomic mass is 10.3. The van der Waals surface area contributed by atoms with Crippen molar-refractivity contribution in [3.63, 3.8) is 0 Å². The molecule has 1 N–H and O–H groups in total. The molecule has 0 atom stereocenters. The van der Waals surface area contributed by atoms with Gasteiger partial charge >= 0.3 is 0 Å². The van der Waals surface area contributed by atoms with E-state index in [0.717, 1.165) is 16.7 Å². The van der Waals surface area contributed by atoms with Gasteiger partial charge in [0.05, 0.1) is 34.2 Å². The zero-order valence-corrected chi connectivity index (χ0v) is 13.8. The topological polar surface area (TPSA) is 52.0 Å². The first-order valence-corrected chi connectivity index (χ1v) is 7.43. The van der Waals surface area contributed by atoms with Gasteiger partial charge in [0.1, 0.15) is 0 Å². The van der Waals surface area contributed by atoms with Gasteiger partial charge in [-0.2, -0.15) is 0 Å². The average Bonchev–Trinajstić information content (AvgIpc) is 2.90. The van der Waals surface area contributed by atoms with Gasteiger partial charge in [-0.25, -0.2) is 4.68 Å². The predicted octanol–water partition coefficient (Wildman–Crippen LogP) is 3.07. The molecule has 0 fully saturated rings. The van der Waals surface area contributed by atoms with Crippen molar-refractivity contribution < 1.29 is 4.74 Å². The maximum absolute atomic E-state index is 6.21. The molecule has 1 heterocycles. The van der Waals surface area contributed by atoms with Crippen LogP contribution in [0.15, 0.2) is 22.8 Å². The first-order valence-electron chi connectivity index (χ1n) is 5.88. The van der Waals surface area contributed by atoms with E-state index >= 15 is 0 Å². The maximum atomic E-state index is 6.21. The third-order valence-corrected chi connectivity index (χ3v) is 4.35. The standard InChI is InChI=1S/C12H13BrCl2N4O/c1-20-5-4-16-6-8-7-19(18-17-8)10-3-2-9(13)11(14)12(10)15/h2-3,7,16H,4-6H2,1H3. The molecule has 0 unspecified atom stereocenters. The van der Waals surface area contributed by atoms with Crippen molar-refractivity contribution in [2.75, 3.05) is 20.3 Å². The molecule has 5 nitrogen and oxygen atoms in total. The summed E-state index contributed by atoms with van der Waals surface area (Å²) in [5, 5.41) is 12.2. The van der Waals surface area contributed by atoms with Crippen LogP contribution in [0.2, 0.25) is 10.0 Å². The van der Waals surface area contributed by atoms with Crippen LogP contribution < -0.4 is 5.32 Å². The Balaban J connectivity index is 2.11. The highest BCUT2D eigenvalue weighted by Crippen LogP contribution is 2.34. The van der Waals surface area contributed by atoms with Crippen molar-refractivity contribution >= 4 is 39.1 Å². The number of hydrogen-bond acceptors (Lipinski definition) is 4. The fraction of sp³-hybridized carbons (Fsp3) is 0.333. The Morgan fingerprint density at radius 2 is 2.15 bits per heavy atom. The molecule has 0 bridgehead atoms. The minimum absolute atomic E-state index is 0.435. The van der Waals surface area contributed by atoms with Crippen molar-refractivity contribution in [2.45, 2.75) is 6.54 Å². The minimum Gasteiger partial charge on any atom is -0.383 e. The Morgan fingerprint density at radius 1 is 1.35 bits per heavy atom. The highest BCUT2D eigenvalue weighted by atomic mass is 79.9. The van der Waals surface area contributed by atoms with Crippen molar-refractivity contribution in [3.05, 3.63) is 38.5 Å². The molecular weight excluding hydrogens is 367 g/mol. The van der Waals surface area contributed by atoms with Crippen LogP contribution in [-0.4, -0.2) is 35.3 Å². The van der Waals surface area contributed by atoms with Crippen molar-refractivity contribution in [3.8, 4) is 5.69 Å². The lowest BCUT2D eigenvalue weighted by molar-refractivity contribution is 0.199. The SMILES string of the molecule is COCCNCc1cn(-c2ccc(Br)c(Cl)c2Cl)nn1. The van der Waals surface area contributed by atoms with Crippen LogP contribution in [0, 0.1) is 0 Å². The Hall–Kier alpha value is -0.660. The molecule has 0 aliphatic heterocycles. The number of methoxy groups -OCH3 is 1. The van der Waals surface area contributed by atoms with Gasteiger partial charge in [0, 0.05) is 24.7 Å². The van der Waals surface area contributed by atoms with Gasteiger partial charge in [0.2, 0.25) is 0 Å². The molecule has 108 valence electrons. The lowest BCUT2D eigenvalue weighted by Gasteiger charge is -2.06. The van der Waals surface area contributed by atoms with E-state index in [1.807, 2.05) is 18.3 Å². The van der Waals surface area contributed by atoms with Crippen LogP contribution in [0.1, 0.15) is 5.69 Å². The average molecular weight is 380 g/mol. The number of rotatable bonds is 6. The molecule has 1 aromatic heterocycles. The van der Waals surface area contributed by atoms with Crippen molar-refractivity contribution in [1.29, 1.82) is 0 Å². The van der Waals surface area contributed by atoms with Gasteiger partial charge in [-0.15, -0.1) is 5.10 Å². The van der Waals surface area contributed by atoms with E-state index in [4.69, 9.17) is 27.9 Å². The van der Waals surface area contributed by atoms with E-state index in [0.29, 0.717) is 28.9 Å². The Kier molecular flexibility index (Phi) is 5.80. The van der Waals surface area contributed by atoms with E-state index in [1.54, 1.807) is 11.8 Å². The van der Waals surface area contributed by atoms with Crippen LogP contribution in [-0.2, 0) is 11.3 Å². The van der Waals surface area contributed by atoms with Gasteiger partial charge in [-0.3, -0.25) is 0 Å². The van der Waals surface area contributed by atoms with Crippen LogP contribution in [0.4, 0.5) is 0 Å². The van der Waals surface area contributed by atoms with Crippen LogP contribution >= 0.6 is 39.1 Å². The predicted molar refractivity (Wildman–Crippen MR) is 82.7 cm³/mol. The van der Waals surface area contributed by atoms with Crippen molar-refractivity contribution in [1.82, 2.24) is 20.3 Å². The summed E-state index contributed by atoms with van der Waals surface area (Å²) in [5.74, 6) is 0. The summed E-state index contributed by atoms with van der Waals surface area (Å²) < 4.78 is 7.30. The van der Waals surface area contributed by atoms with Gasteiger partial charge in [0.15, 0.2) is 0 Å². The monoisotopic (exact) mass is 378 g/mol. The van der Waals surface area contributed by atoms with E-state index in [2.05, 4.69) is 31.6 Å². The fourth-order valence-corrected chi connectivity index (χ4v) is 2.44. The second kappa shape index (κ2) is 7.38. The van der Waals surface area contributed by atoms with Gasteiger partial charge in [-0.1, -0.05) is 28.4 Å². The van der Waals surface area contributed by atoms with Crippen molar-refractivity contribution in [2.24, 2.45) is 0 Å². The van der Waals surface area contributed by atoms with Gasteiger partial charge in [0.25, 0.3) is 0 Å². The minimum atomic E-state index is 0.435. The number of halogens is 3. The van der Waals surface area contributed by atoms with E-state index in [9.17, 15) is 0 Å². The molecule has 0 amide bonds.